The minimum absolute atomic E-state index is 0.197. The van der Waals surface area contributed by atoms with Gasteiger partial charge in [-0.2, -0.15) is 0 Å². The van der Waals surface area contributed by atoms with Crippen LogP contribution in [0.4, 0.5) is 0 Å². The first kappa shape index (κ1) is 16.2. The molecule has 0 heterocycles. The maximum absolute atomic E-state index is 12.1. The van der Waals surface area contributed by atoms with Gasteiger partial charge in [-0.15, -0.1) is 0 Å². The number of ketones is 1. The zero-order valence-corrected chi connectivity index (χ0v) is 12.3. The summed E-state index contributed by atoms with van der Waals surface area (Å²) in [5.74, 6) is -0.877. The van der Waals surface area contributed by atoms with Crippen LogP contribution in [-0.4, -0.2) is 23.5 Å². The SMILES string of the molecule is C=C(CC)C(=O)c1ccc(OCC(=O)O)c(CC)c1Cl. The molecule has 0 amide bonds. The molecule has 0 radical (unpaired) electrons. The Morgan fingerprint density at radius 2 is 2.00 bits per heavy atom. The second-order valence-corrected chi connectivity index (χ2v) is 4.60. The van der Waals surface area contributed by atoms with E-state index >= 15 is 0 Å². The summed E-state index contributed by atoms with van der Waals surface area (Å²) in [4.78, 5) is 22.7. The van der Waals surface area contributed by atoms with E-state index in [1.807, 2.05) is 13.8 Å². The number of carbonyl (C=O) groups is 2. The first-order valence-corrected chi connectivity index (χ1v) is 6.68. The number of hydrogen-bond acceptors (Lipinski definition) is 3. The van der Waals surface area contributed by atoms with Gasteiger partial charge < -0.3 is 9.84 Å². The maximum Gasteiger partial charge on any atom is 0.341 e. The van der Waals surface area contributed by atoms with Gasteiger partial charge in [-0.1, -0.05) is 32.0 Å². The van der Waals surface area contributed by atoms with Gasteiger partial charge in [-0.25, -0.2) is 4.79 Å². The number of allylic oxidation sites excluding steroid dienone is 1. The van der Waals surface area contributed by atoms with Gasteiger partial charge in [0, 0.05) is 11.1 Å². The Morgan fingerprint density at radius 3 is 2.50 bits per heavy atom. The third-order valence-electron chi connectivity index (χ3n) is 2.90. The largest absolute Gasteiger partial charge is 0.482 e. The highest BCUT2D eigenvalue weighted by molar-refractivity contribution is 6.35. The number of carbonyl (C=O) groups excluding carboxylic acids is 1. The van der Waals surface area contributed by atoms with E-state index < -0.39 is 12.6 Å². The van der Waals surface area contributed by atoms with Crippen LogP contribution in [0, 0.1) is 0 Å². The highest BCUT2D eigenvalue weighted by Gasteiger charge is 2.18. The van der Waals surface area contributed by atoms with Gasteiger partial charge in [0.15, 0.2) is 12.4 Å². The van der Waals surface area contributed by atoms with E-state index in [0.29, 0.717) is 40.3 Å². The molecule has 20 heavy (non-hydrogen) atoms. The van der Waals surface area contributed by atoms with E-state index in [1.165, 1.54) is 0 Å². The average Bonchev–Trinajstić information content (AvgIpc) is 2.43. The van der Waals surface area contributed by atoms with E-state index in [4.69, 9.17) is 21.4 Å². The maximum atomic E-state index is 12.1. The van der Waals surface area contributed by atoms with Crippen LogP contribution >= 0.6 is 11.6 Å². The highest BCUT2D eigenvalue weighted by Crippen LogP contribution is 2.32. The van der Waals surface area contributed by atoms with E-state index in [-0.39, 0.29) is 5.78 Å². The van der Waals surface area contributed by atoms with Crippen molar-refractivity contribution in [1.82, 2.24) is 0 Å². The summed E-state index contributed by atoms with van der Waals surface area (Å²) in [5.41, 5.74) is 1.48. The zero-order chi connectivity index (χ0) is 15.3. The molecule has 0 fully saturated rings. The van der Waals surface area contributed by atoms with Crippen LogP contribution < -0.4 is 4.74 Å². The fraction of sp³-hybridized carbons (Fsp3) is 0.333. The van der Waals surface area contributed by atoms with E-state index in [1.54, 1.807) is 12.1 Å². The minimum Gasteiger partial charge on any atom is -0.482 e. The second-order valence-electron chi connectivity index (χ2n) is 4.23. The quantitative estimate of drug-likeness (QED) is 0.618. The summed E-state index contributed by atoms with van der Waals surface area (Å²) in [5, 5.41) is 8.93. The molecule has 108 valence electrons. The molecule has 0 saturated heterocycles. The lowest BCUT2D eigenvalue weighted by molar-refractivity contribution is -0.139. The van der Waals surface area contributed by atoms with Gasteiger partial charge >= 0.3 is 5.97 Å². The predicted molar refractivity (Wildman–Crippen MR) is 77.7 cm³/mol. The van der Waals surface area contributed by atoms with Gasteiger partial charge in [-0.3, -0.25) is 4.79 Å². The molecular weight excluding hydrogens is 280 g/mol. The summed E-state index contributed by atoms with van der Waals surface area (Å²) in [6, 6.07) is 3.12. The van der Waals surface area contributed by atoms with Crippen molar-refractivity contribution in [3.63, 3.8) is 0 Å². The topological polar surface area (TPSA) is 63.6 Å². The van der Waals surface area contributed by atoms with E-state index in [0.717, 1.165) is 0 Å². The number of carboxylic acid groups (broad SMARTS) is 1. The lowest BCUT2D eigenvalue weighted by Crippen LogP contribution is -2.11. The van der Waals surface area contributed by atoms with Crippen molar-refractivity contribution in [3.8, 4) is 5.75 Å². The van der Waals surface area contributed by atoms with Crippen LogP contribution in [-0.2, 0) is 11.2 Å². The summed E-state index contributed by atoms with van der Waals surface area (Å²) >= 11 is 6.24. The lowest BCUT2D eigenvalue weighted by Gasteiger charge is -2.13. The number of aliphatic carboxylic acids is 1. The second kappa shape index (κ2) is 7.10. The van der Waals surface area contributed by atoms with E-state index in [2.05, 4.69) is 6.58 Å². The third-order valence-corrected chi connectivity index (χ3v) is 3.33. The molecular formula is C15H17ClO4. The van der Waals surface area contributed by atoms with E-state index in [9.17, 15) is 9.59 Å². The molecule has 0 saturated carbocycles. The standard InChI is InChI=1S/C15H17ClO4/c1-4-9(3)15(19)11-6-7-12(20-8-13(17)18)10(5-2)14(11)16/h6-7H,3-5,8H2,1-2H3,(H,17,18). The van der Waals surface area contributed by atoms with Crippen molar-refractivity contribution in [2.24, 2.45) is 0 Å². The Hall–Kier alpha value is -1.81. The van der Waals surface area contributed by atoms with Crippen molar-refractivity contribution >= 4 is 23.4 Å². The number of ether oxygens (including phenoxy) is 1. The number of carboxylic acids is 1. The zero-order valence-electron chi connectivity index (χ0n) is 11.5. The third kappa shape index (κ3) is 3.61. The molecule has 0 aliphatic carbocycles. The number of Topliss-reactive ketones (excluding diaryl/α,β-unsaturated/α-hetero) is 1. The predicted octanol–water partition coefficient (Wildman–Crippen LogP) is 3.51. The average molecular weight is 297 g/mol. The van der Waals surface area contributed by atoms with Gasteiger partial charge in [0.05, 0.1) is 5.02 Å². The van der Waals surface area contributed by atoms with Crippen LogP contribution in [0.25, 0.3) is 0 Å². The molecule has 4 nitrogen and oxygen atoms in total. The number of benzene rings is 1. The first-order chi connectivity index (χ1) is 9.42. The van der Waals surface area contributed by atoms with Gasteiger partial charge in [0.25, 0.3) is 0 Å². The lowest BCUT2D eigenvalue weighted by atomic mass is 9.99. The fourth-order valence-electron chi connectivity index (χ4n) is 1.73. The Kier molecular flexibility index (Phi) is 5.77. The van der Waals surface area contributed by atoms with Crippen LogP contribution in [0.5, 0.6) is 5.75 Å². The fourth-order valence-corrected chi connectivity index (χ4v) is 2.11. The highest BCUT2D eigenvalue weighted by atomic mass is 35.5. The monoisotopic (exact) mass is 296 g/mol. The molecule has 1 N–H and O–H groups in total. The molecule has 0 spiro atoms. The van der Waals surface area contributed by atoms with Gasteiger partial charge in [0.2, 0.25) is 0 Å². The van der Waals surface area contributed by atoms with Crippen LogP contribution in [0.2, 0.25) is 5.02 Å². The molecule has 1 aromatic rings. The summed E-state index contributed by atoms with van der Waals surface area (Å²) < 4.78 is 5.17. The van der Waals surface area contributed by atoms with Crippen LogP contribution in [0.1, 0.15) is 36.2 Å². The van der Waals surface area contributed by atoms with Crippen LogP contribution in [0.15, 0.2) is 24.3 Å². The van der Waals surface area contributed by atoms with Crippen LogP contribution in [0.3, 0.4) is 0 Å². The van der Waals surface area contributed by atoms with Gasteiger partial charge in [0.1, 0.15) is 5.75 Å². The molecule has 0 aliphatic heterocycles. The Labute approximate surface area is 123 Å². The van der Waals surface area contributed by atoms with Crippen molar-refractivity contribution in [2.75, 3.05) is 6.61 Å². The van der Waals surface area contributed by atoms with Gasteiger partial charge in [-0.05, 0) is 30.5 Å². The van der Waals surface area contributed by atoms with Crippen molar-refractivity contribution < 1.29 is 19.4 Å². The van der Waals surface area contributed by atoms with Crippen molar-refractivity contribution in [3.05, 3.63) is 40.4 Å². The molecule has 0 aromatic heterocycles. The molecule has 1 rings (SSSR count). The number of hydrogen-bond donors (Lipinski definition) is 1. The van der Waals surface area contributed by atoms with Crippen molar-refractivity contribution in [2.45, 2.75) is 26.7 Å². The summed E-state index contributed by atoms with van der Waals surface area (Å²) in [6.07, 6.45) is 1.08. The minimum atomic E-state index is -1.07. The Balaban J connectivity index is 3.17. The normalized spacial score (nSPS) is 10.2. The number of rotatable bonds is 7. The molecule has 5 heteroatoms. The Bertz CT molecular complexity index is 549. The van der Waals surface area contributed by atoms with Crippen molar-refractivity contribution in [1.29, 1.82) is 0 Å². The molecule has 0 unspecified atom stereocenters. The molecule has 0 bridgehead atoms. The molecule has 0 atom stereocenters. The smallest absolute Gasteiger partial charge is 0.341 e. The summed E-state index contributed by atoms with van der Waals surface area (Å²) in [6.45, 7) is 6.97. The molecule has 1 aromatic carbocycles. The Morgan fingerprint density at radius 1 is 1.35 bits per heavy atom. The first-order valence-electron chi connectivity index (χ1n) is 6.30. The number of halogens is 1. The summed E-state index contributed by atoms with van der Waals surface area (Å²) in [7, 11) is 0. The molecule has 0 aliphatic rings.